The summed E-state index contributed by atoms with van der Waals surface area (Å²) < 4.78 is 13.4. The summed E-state index contributed by atoms with van der Waals surface area (Å²) in [7, 11) is 0. The molecule has 2 N–H and O–H groups in total. The number of carbonyl (C=O) groups is 2. The molecule has 1 aromatic rings. The molecule has 0 radical (unpaired) electrons. The van der Waals surface area contributed by atoms with Gasteiger partial charge in [0.1, 0.15) is 12.2 Å². The van der Waals surface area contributed by atoms with Crippen LogP contribution >= 0.6 is 0 Å². The Morgan fingerprint density at radius 2 is 1.86 bits per heavy atom. The fraction of sp³-hybridized carbons (Fsp3) is 0.500. The highest BCUT2D eigenvalue weighted by Gasteiger charge is 2.18. The molecule has 0 aromatic heterocycles. The topological polar surface area (TPSA) is 58.2 Å². The molecule has 114 valence electrons. The Morgan fingerprint density at radius 1 is 1.14 bits per heavy atom. The maximum absolute atomic E-state index is 13.4. The molecule has 1 fully saturated rings. The number of hydrogen-bond acceptors (Lipinski definition) is 2. The minimum Gasteiger partial charge on any atom is -0.355 e. The molecule has 0 bridgehead atoms. The molecule has 2 rings (SSSR count). The van der Waals surface area contributed by atoms with E-state index in [-0.39, 0.29) is 30.1 Å². The van der Waals surface area contributed by atoms with Crippen molar-refractivity contribution in [1.82, 2.24) is 10.6 Å². The summed E-state index contributed by atoms with van der Waals surface area (Å²) in [5.41, 5.74) is 0.563. The fourth-order valence-corrected chi connectivity index (χ4v) is 2.59. The van der Waals surface area contributed by atoms with Crippen LogP contribution < -0.4 is 10.6 Å². The van der Waals surface area contributed by atoms with E-state index in [2.05, 4.69) is 10.6 Å². The largest absolute Gasteiger partial charge is 0.355 e. The van der Waals surface area contributed by atoms with Crippen LogP contribution in [0.1, 0.15) is 37.7 Å². The molecule has 1 aromatic carbocycles. The van der Waals surface area contributed by atoms with Gasteiger partial charge < -0.3 is 10.6 Å². The summed E-state index contributed by atoms with van der Waals surface area (Å²) in [4.78, 5) is 23.3. The minimum absolute atomic E-state index is 0.159. The summed E-state index contributed by atoms with van der Waals surface area (Å²) in [5.74, 6) is -0.821. The Kier molecular flexibility index (Phi) is 5.72. The average Bonchev–Trinajstić information content (AvgIpc) is 2.93. The van der Waals surface area contributed by atoms with E-state index < -0.39 is 0 Å². The molecule has 21 heavy (non-hydrogen) atoms. The Hall–Kier alpha value is -1.91. The van der Waals surface area contributed by atoms with Crippen LogP contribution in [0, 0.1) is 5.82 Å². The predicted molar refractivity (Wildman–Crippen MR) is 78.1 cm³/mol. The van der Waals surface area contributed by atoms with Gasteiger partial charge in [-0.25, -0.2) is 4.39 Å². The molecule has 0 saturated heterocycles. The number of nitrogens with one attached hydrogen (secondary N) is 2. The van der Waals surface area contributed by atoms with Crippen molar-refractivity contribution in [2.24, 2.45) is 0 Å². The number of benzene rings is 1. The van der Waals surface area contributed by atoms with Gasteiger partial charge in [-0.05, 0) is 30.9 Å². The zero-order valence-corrected chi connectivity index (χ0v) is 12.0. The Bertz CT molecular complexity index is 499. The van der Waals surface area contributed by atoms with Crippen LogP contribution in [0.4, 0.5) is 4.39 Å². The van der Waals surface area contributed by atoms with E-state index in [0.717, 1.165) is 25.7 Å². The van der Waals surface area contributed by atoms with Crippen LogP contribution in [0.2, 0.25) is 0 Å². The SMILES string of the molecule is O=C(CC(=O)NC1CCCC1)NCCc1ccccc1F. The molecule has 0 aliphatic heterocycles. The van der Waals surface area contributed by atoms with E-state index in [1.165, 1.54) is 6.07 Å². The average molecular weight is 292 g/mol. The van der Waals surface area contributed by atoms with Crippen LogP contribution in [0.15, 0.2) is 24.3 Å². The molecule has 1 aliphatic rings. The lowest BCUT2D eigenvalue weighted by molar-refractivity contribution is -0.129. The summed E-state index contributed by atoms with van der Waals surface area (Å²) in [6.07, 6.45) is 4.54. The molecular weight excluding hydrogens is 271 g/mol. The number of rotatable bonds is 6. The number of carbonyl (C=O) groups excluding carboxylic acids is 2. The van der Waals surface area contributed by atoms with Crippen molar-refractivity contribution in [2.45, 2.75) is 44.6 Å². The molecule has 1 saturated carbocycles. The quantitative estimate of drug-likeness (QED) is 0.787. The van der Waals surface area contributed by atoms with Gasteiger partial charge >= 0.3 is 0 Å². The summed E-state index contributed by atoms with van der Waals surface area (Å²) >= 11 is 0. The third-order valence-corrected chi connectivity index (χ3v) is 3.72. The zero-order valence-electron chi connectivity index (χ0n) is 12.0. The van der Waals surface area contributed by atoms with Crippen LogP contribution in [0.3, 0.4) is 0 Å². The number of amides is 2. The minimum atomic E-state index is -0.318. The molecule has 0 heterocycles. The lowest BCUT2D eigenvalue weighted by Gasteiger charge is -2.11. The van der Waals surface area contributed by atoms with Crippen molar-refractivity contribution in [1.29, 1.82) is 0 Å². The van der Waals surface area contributed by atoms with Crippen molar-refractivity contribution >= 4 is 11.8 Å². The molecule has 0 atom stereocenters. The highest BCUT2D eigenvalue weighted by molar-refractivity contribution is 5.96. The first-order valence-electron chi connectivity index (χ1n) is 7.44. The fourth-order valence-electron chi connectivity index (χ4n) is 2.59. The van der Waals surface area contributed by atoms with E-state index in [0.29, 0.717) is 18.5 Å². The second-order valence-electron chi connectivity index (χ2n) is 5.42. The van der Waals surface area contributed by atoms with E-state index in [4.69, 9.17) is 0 Å². The maximum Gasteiger partial charge on any atom is 0.229 e. The van der Waals surface area contributed by atoms with Gasteiger partial charge in [-0.2, -0.15) is 0 Å². The van der Waals surface area contributed by atoms with E-state index >= 15 is 0 Å². The molecular formula is C16H21FN2O2. The standard InChI is InChI=1S/C16H21FN2O2/c17-14-8-4-1-5-12(14)9-10-18-15(20)11-16(21)19-13-6-2-3-7-13/h1,4-5,8,13H,2-3,6-7,9-11H2,(H,18,20)(H,19,21). The highest BCUT2D eigenvalue weighted by Crippen LogP contribution is 2.17. The summed E-state index contributed by atoms with van der Waals surface area (Å²) in [6.45, 7) is 0.330. The second-order valence-corrected chi connectivity index (χ2v) is 5.42. The van der Waals surface area contributed by atoms with Gasteiger partial charge in [-0.3, -0.25) is 9.59 Å². The Balaban J connectivity index is 1.65. The first-order chi connectivity index (χ1) is 10.1. The van der Waals surface area contributed by atoms with E-state index in [1.807, 2.05) is 0 Å². The van der Waals surface area contributed by atoms with Gasteiger partial charge in [0.2, 0.25) is 11.8 Å². The Labute approximate surface area is 124 Å². The Morgan fingerprint density at radius 3 is 2.57 bits per heavy atom. The van der Waals surface area contributed by atoms with Crippen molar-refractivity contribution in [3.8, 4) is 0 Å². The van der Waals surface area contributed by atoms with E-state index in [9.17, 15) is 14.0 Å². The van der Waals surface area contributed by atoms with Gasteiger partial charge in [0.25, 0.3) is 0 Å². The van der Waals surface area contributed by atoms with Crippen LogP contribution in [0.5, 0.6) is 0 Å². The lowest BCUT2D eigenvalue weighted by Crippen LogP contribution is -2.37. The third kappa shape index (κ3) is 5.17. The van der Waals surface area contributed by atoms with Gasteiger partial charge in [-0.1, -0.05) is 31.0 Å². The molecule has 2 amide bonds. The van der Waals surface area contributed by atoms with Crippen LogP contribution in [-0.4, -0.2) is 24.4 Å². The van der Waals surface area contributed by atoms with Crippen molar-refractivity contribution in [2.75, 3.05) is 6.54 Å². The molecule has 0 unspecified atom stereocenters. The van der Waals surface area contributed by atoms with Gasteiger partial charge in [0.05, 0.1) is 0 Å². The van der Waals surface area contributed by atoms with Crippen LogP contribution in [-0.2, 0) is 16.0 Å². The lowest BCUT2D eigenvalue weighted by atomic mass is 10.1. The summed E-state index contributed by atoms with van der Waals surface area (Å²) in [6, 6.07) is 6.70. The van der Waals surface area contributed by atoms with Gasteiger partial charge in [0, 0.05) is 12.6 Å². The molecule has 0 spiro atoms. The van der Waals surface area contributed by atoms with Gasteiger partial charge in [-0.15, -0.1) is 0 Å². The first kappa shape index (κ1) is 15.5. The zero-order chi connectivity index (χ0) is 15.1. The van der Waals surface area contributed by atoms with Crippen LogP contribution in [0.25, 0.3) is 0 Å². The van der Waals surface area contributed by atoms with Crippen molar-refractivity contribution in [3.63, 3.8) is 0 Å². The summed E-state index contributed by atoms with van der Waals surface area (Å²) in [5, 5.41) is 5.51. The second kappa shape index (κ2) is 7.76. The van der Waals surface area contributed by atoms with E-state index in [1.54, 1.807) is 18.2 Å². The molecule has 1 aliphatic carbocycles. The normalized spacial score (nSPS) is 14.9. The number of halogens is 1. The number of hydrogen-bond donors (Lipinski definition) is 2. The predicted octanol–water partition coefficient (Wildman–Crippen LogP) is 1.93. The first-order valence-corrected chi connectivity index (χ1v) is 7.44. The molecule has 5 heteroatoms. The van der Waals surface area contributed by atoms with Crippen molar-refractivity contribution in [3.05, 3.63) is 35.6 Å². The van der Waals surface area contributed by atoms with Gasteiger partial charge in [0.15, 0.2) is 0 Å². The maximum atomic E-state index is 13.4. The highest BCUT2D eigenvalue weighted by atomic mass is 19.1. The third-order valence-electron chi connectivity index (χ3n) is 3.72. The molecule has 4 nitrogen and oxygen atoms in total. The smallest absolute Gasteiger partial charge is 0.229 e. The van der Waals surface area contributed by atoms with Crippen molar-refractivity contribution < 1.29 is 14.0 Å². The monoisotopic (exact) mass is 292 g/mol.